The molecular formula is C20H39NO. The Labute approximate surface area is 139 Å². The monoisotopic (exact) mass is 309 g/mol. The molecule has 0 radical (unpaired) electrons. The van der Waals surface area contributed by atoms with E-state index in [0.29, 0.717) is 11.5 Å². The van der Waals surface area contributed by atoms with Crippen LogP contribution in [0.3, 0.4) is 0 Å². The predicted octanol–water partition coefficient (Wildman–Crippen LogP) is 5.26. The molecule has 2 rings (SSSR count). The Morgan fingerprint density at radius 2 is 1.55 bits per heavy atom. The first kappa shape index (κ1) is 18.3. The third kappa shape index (κ3) is 5.53. The highest BCUT2D eigenvalue weighted by Crippen LogP contribution is 2.38. The minimum Gasteiger partial charge on any atom is -0.377 e. The van der Waals surface area contributed by atoms with E-state index in [1.54, 1.807) is 0 Å². The third-order valence-corrected chi connectivity index (χ3v) is 6.13. The van der Waals surface area contributed by atoms with E-state index in [0.717, 1.165) is 25.1 Å². The fourth-order valence-corrected chi connectivity index (χ4v) is 4.48. The zero-order valence-electron chi connectivity index (χ0n) is 15.6. The Hall–Kier alpha value is -0.0800. The number of rotatable bonds is 6. The molecule has 0 bridgehead atoms. The number of nitrogens with zero attached hydrogens (tertiary/aromatic N) is 1. The Kier molecular flexibility index (Phi) is 7.21. The quantitative estimate of drug-likeness (QED) is 0.663. The van der Waals surface area contributed by atoms with E-state index in [4.69, 9.17) is 4.74 Å². The SMILES string of the molecule is CCN(CCOC1CCC(C(C)(C)C)CC1)C1CCCCC1. The minimum absolute atomic E-state index is 0.477. The number of hydrogen-bond acceptors (Lipinski definition) is 2. The van der Waals surface area contributed by atoms with E-state index in [9.17, 15) is 0 Å². The maximum atomic E-state index is 6.23. The summed E-state index contributed by atoms with van der Waals surface area (Å²) >= 11 is 0. The summed E-state index contributed by atoms with van der Waals surface area (Å²) in [6, 6.07) is 0.832. The highest BCUT2D eigenvalue weighted by Gasteiger charge is 2.30. The first-order chi connectivity index (χ1) is 10.5. The fourth-order valence-electron chi connectivity index (χ4n) is 4.48. The van der Waals surface area contributed by atoms with Crippen LogP contribution in [0.15, 0.2) is 0 Å². The van der Waals surface area contributed by atoms with Crippen LogP contribution in [0.5, 0.6) is 0 Å². The lowest BCUT2D eigenvalue weighted by molar-refractivity contribution is -0.0101. The largest absolute Gasteiger partial charge is 0.377 e. The zero-order chi connectivity index (χ0) is 16.0. The lowest BCUT2D eigenvalue weighted by Gasteiger charge is -2.37. The van der Waals surface area contributed by atoms with Gasteiger partial charge in [-0.25, -0.2) is 0 Å². The van der Waals surface area contributed by atoms with Crippen LogP contribution in [0.2, 0.25) is 0 Å². The number of ether oxygens (including phenoxy) is 1. The number of hydrogen-bond donors (Lipinski definition) is 0. The molecule has 2 heteroatoms. The van der Waals surface area contributed by atoms with Crippen molar-refractivity contribution in [2.75, 3.05) is 19.7 Å². The lowest BCUT2D eigenvalue weighted by atomic mass is 9.72. The van der Waals surface area contributed by atoms with Crippen molar-refractivity contribution >= 4 is 0 Å². The third-order valence-electron chi connectivity index (χ3n) is 6.13. The highest BCUT2D eigenvalue weighted by molar-refractivity contribution is 4.81. The van der Waals surface area contributed by atoms with Crippen molar-refractivity contribution < 1.29 is 4.74 Å². The van der Waals surface area contributed by atoms with Crippen LogP contribution in [0.4, 0.5) is 0 Å². The topological polar surface area (TPSA) is 12.5 Å². The molecule has 0 spiro atoms. The number of likely N-dealkylation sites (N-methyl/N-ethyl adjacent to an activating group) is 1. The van der Waals surface area contributed by atoms with Crippen LogP contribution in [0.1, 0.15) is 85.5 Å². The first-order valence-corrected chi connectivity index (χ1v) is 9.86. The van der Waals surface area contributed by atoms with Gasteiger partial charge < -0.3 is 4.74 Å². The minimum atomic E-state index is 0.477. The molecule has 0 unspecified atom stereocenters. The maximum absolute atomic E-state index is 6.23. The standard InChI is InChI=1S/C20H39NO/c1-5-21(18-9-7-6-8-10-18)15-16-22-19-13-11-17(12-14-19)20(2,3)4/h17-19H,5-16H2,1-4H3. The molecule has 22 heavy (non-hydrogen) atoms. The molecule has 2 aliphatic carbocycles. The fraction of sp³-hybridized carbons (Fsp3) is 1.00. The van der Waals surface area contributed by atoms with Crippen LogP contribution < -0.4 is 0 Å². The normalized spacial score (nSPS) is 28.2. The second-order valence-electron chi connectivity index (χ2n) is 8.63. The van der Waals surface area contributed by atoms with Gasteiger partial charge in [0.05, 0.1) is 12.7 Å². The summed E-state index contributed by atoms with van der Waals surface area (Å²) < 4.78 is 6.23. The van der Waals surface area contributed by atoms with Crippen LogP contribution in [0.25, 0.3) is 0 Å². The Morgan fingerprint density at radius 3 is 2.09 bits per heavy atom. The van der Waals surface area contributed by atoms with Crippen molar-refractivity contribution in [3.8, 4) is 0 Å². The van der Waals surface area contributed by atoms with Crippen molar-refractivity contribution in [3.05, 3.63) is 0 Å². The molecule has 2 aliphatic rings. The van der Waals surface area contributed by atoms with Gasteiger partial charge >= 0.3 is 0 Å². The molecule has 130 valence electrons. The molecule has 0 aromatic rings. The van der Waals surface area contributed by atoms with Crippen molar-refractivity contribution in [2.45, 2.75) is 97.6 Å². The summed E-state index contributed by atoms with van der Waals surface area (Å²) in [5, 5.41) is 0. The average molecular weight is 310 g/mol. The van der Waals surface area contributed by atoms with Gasteiger partial charge in [0, 0.05) is 12.6 Å². The van der Waals surface area contributed by atoms with Gasteiger partial charge in [0.2, 0.25) is 0 Å². The van der Waals surface area contributed by atoms with Crippen molar-refractivity contribution in [1.29, 1.82) is 0 Å². The Morgan fingerprint density at radius 1 is 0.909 bits per heavy atom. The van der Waals surface area contributed by atoms with Crippen molar-refractivity contribution in [2.24, 2.45) is 11.3 Å². The van der Waals surface area contributed by atoms with E-state index >= 15 is 0 Å². The van der Waals surface area contributed by atoms with E-state index < -0.39 is 0 Å². The maximum Gasteiger partial charge on any atom is 0.0597 e. The van der Waals surface area contributed by atoms with Gasteiger partial charge in [0.15, 0.2) is 0 Å². The summed E-state index contributed by atoms with van der Waals surface area (Å²) in [7, 11) is 0. The molecule has 0 amide bonds. The van der Waals surface area contributed by atoms with Gasteiger partial charge in [-0.2, -0.15) is 0 Å². The van der Waals surface area contributed by atoms with Crippen LogP contribution >= 0.6 is 0 Å². The molecular weight excluding hydrogens is 270 g/mol. The van der Waals surface area contributed by atoms with Crippen molar-refractivity contribution in [1.82, 2.24) is 4.90 Å². The van der Waals surface area contributed by atoms with Gasteiger partial charge in [-0.15, -0.1) is 0 Å². The van der Waals surface area contributed by atoms with E-state index in [1.807, 2.05) is 0 Å². The lowest BCUT2D eigenvalue weighted by Crippen LogP contribution is -2.39. The molecule has 2 saturated carbocycles. The van der Waals surface area contributed by atoms with Gasteiger partial charge in [0.25, 0.3) is 0 Å². The molecule has 2 nitrogen and oxygen atoms in total. The highest BCUT2D eigenvalue weighted by atomic mass is 16.5. The van der Waals surface area contributed by atoms with Crippen LogP contribution in [-0.2, 0) is 4.74 Å². The second-order valence-corrected chi connectivity index (χ2v) is 8.63. The van der Waals surface area contributed by atoms with Crippen LogP contribution in [-0.4, -0.2) is 36.7 Å². The van der Waals surface area contributed by atoms with E-state index in [2.05, 4.69) is 32.6 Å². The Bertz CT molecular complexity index is 295. The van der Waals surface area contributed by atoms with Gasteiger partial charge in [-0.1, -0.05) is 47.0 Å². The molecule has 0 N–H and O–H groups in total. The van der Waals surface area contributed by atoms with E-state index in [-0.39, 0.29) is 0 Å². The molecule has 0 aliphatic heterocycles. The molecule has 2 fully saturated rings. The molecule has 0 atom stereocenters. The first-order valence-electron chi connectivity index (χ1n) is 9.86. The van der Waals surface area contributed by atoms with Crippen molar-refractivity contribution in [3.63, 3.8) is 0 Å². The predicted molar refractivity (Wildman–Crippen MR) is 95.3 cm³/mol. The Balaban J connectivity index is 1.64. The summed E-state index contributed by atoms with van der Waals surface area (Å²) in [5.41, 5.74) is 0.477. The van der Waals surface area contributed by atoms with Gasteiger partial charge in [0.1, 0.15) is 0 Å². The average Bonchev–Trinajstić information content (AvgIpc) is 2.52. The summed E-state index contributed by atoms with van der Waals surface area (Å²) in [6.07, 6.45) is 12.9. The molecule has 0 saturated heterocycles. The smallest absolute Gasteiger partial charge is 0.0597 e. The summed E-state index contributed by atoms with van der Waals surface area (Å²) in [6.45, 7) is 12.7. The van der Waals surface area contributed by atoms with Gasteiger partial charge in [-0.05, 0) is 56.4 Å². The summed E-state index contributed by atoms with van der Waals surface area (Å²) in [5.74, 6) is 0.890. The van der Waals surface area contributed by atoms with E-state index in [1.165, 1.54) is 64.3 Å². The molecule has 0 heterocycles. The summed E-state index contributed by atoms with van der Waals surface area (Å²) in [4.78, 5) is 2.67. The molecule has 0 aromatic carbocycles. The van der Waals surface area contributed by atoms with Gasteiger partial charge in [-0.3, -0.25) is 4.90 Å². The van der Waals surface area contributed by atoms with Crippen LogP contribution in [0, 0.1) is 11.3 Å². The zero-order valence-corrected chi connectivity index (χ0v) is 15.6. The second kappa shape index (κ2) is 8.68. The molecule has 0 aromatic heterocycles.